The van der Waals surface area contributed by atoms with Crippen LogP contribution in [-0.4, -0.2) is 39.7 Å². The largest absolute Gasteiger partial charge is 0.370 e. The third-order valence-electron chi connectivity index (χ3n) is 6.05. The maximum Gasteiger partial charge on any atom is 0.228 e. The molecule has 4 N–H and O–H groups in total. The molecule has 1 saturated heterocycles. The van der Waals surface area contributed by atoms with E-state index in [0.717, 1.165) is 42.3 Å². The van der Waals surface area contributed by atoms with Gasteiger partial charge in [-0.1, -0.05) is 0 Å². The minimum absolute atomic E-state index is 0.0285. The predicted octanol–water partition coefficient (Wildman–Crippen LogP) is 2.21. The number of ether oxygens (including phenoxy) is 1. The lowest BCUT2D eigenvalue weighted by Gasteiger charge is -2.38. The van der Waals surface area contributed by atoms with Crippen molar-refractivity contribution >= 4 is 11.7 Å². The molecule has 2 aliphatic heterocycles. The van der Waals surface area contributed by atoms with Gasteiger partial charge in [0.2, 0.25) is 5.91 Å². The summed E-state index contributed by atoms with van der Waals surface area (Å²) in [6.07, 6.45) is 1.81. The average molecular weight is 403 g/mol. The van der Waals surface area contributed by atoms with Gasteiger partial charge in [0.1, 0.15) is 17.7 Å². The molecule has 1 amide bonds. The Morgan fingerprint density at radius 1 is 1.31 bits per heavy atom. The van der Waals surface area contributed by atoms with Gasteiger partial charge in [-0.3, -0.25) is 14.8 Å². The zero-order chi connectivity index (χ0) is 20.1. The Morgan fingerprint density at radius 2 is 2.14 bits per heavy atom. The third kappa shape index (κ3) is 3.54. The molecule has 1 aliphatic carbocycles. The number of rotatable bonds is 4. The Morgan fingerprint density at radius 3 is 2.90 bits per heavy atom. The highest BCUT2D eigenvalue weighted by Crippen LogP contribution is 2.36. The average Bonchev–Trinajstić information content (AvgIpc) is 3.37. The zero-order valence-corrected chi connectivity index (χ0v) is 15.8. The number of hydrogen-bond donors (Lipinski definition) is 3. The highest BCUT2D eigenvalue weighted by atomic mass is 19.1. The van der Waals surface area contributed by atoms with E-state index in [1.54, 1.807) is 0 Å². The van der Waals surface area contributed by atoms with Crippen LogP contribution in [0.15, 0.2) is 18.2 Å². The van der Waals surface area contributed by atoms with E-state index in [1.165, 1.54) is 0 Å². The van der Waals surface area contributed by atoms with Gasteiger partial charge in [0.15, 0.2) is 5.82 Å². The summed E-state index contributed by atoms with van der Waals surface area (Å²) >= 11 is 0. The molecule has 0 spiro atoms. The summed E-state index contributed by atoms with van der Waals surface area (Å²) in [6, 6.07) is 2.94. The molecule has 5 rings (SSSR count). The Labute approximate surface area is 166 Å². The number of carbonyl (C=O) groups excluding carboxylic acids is 1. The number of amides is 1. The topological polar surface area (TPSA) is 96.3 Å². The first-order valence-corrected chi connectivity index (χ1v) is 9.92. The summed E-state index contributed by atoms with van der Waals surface area (Å²) in [7, 11) is 0. The van der Waals surface area contributed by atoms with Gasteiger partial charge in [0.25, 0.3) is 0 Å². The van der Waals surface area contributed by atoms with Crippen LogP contribution in [0.25, 0.3) is 0 Å². The molecule has 3 aliphatic rings. The SMILES string of the molecule is N[C@H]1C[C@@H](N2Cc3[nH]nc(NC(=O)C4CC4)c3C2)CO[C@@H]1c1cc(F)ccc1F. The number of carbonyl (C=O) groups is 1. The Kier molecular flexibility index (Phi) is 4.60. The fraction of sp³-hybridized carbons (Fsp3) is 0.500. The summed E-state index contributed by atoms with van der Waals surface area (Å²) in [4.78, 5) is 14.3. The first kappa shape index (κ1) is 18.7. The number of aromatic nitrogens is 2. The van der Waals surface area contributed by atoms with E-state index in [-0.39, 0.29) is 23.4 Å². The van der Waals surface area contributed by atoms with E-state index in [2.05, 4.69) is 20.4 Å². The molecule has 7 nitrogen and oxygen atoms in total. The molecular weight excluding hydrogens is 380 g/mol. The Bertz CT molecular complexity index is 945. The number of fused-ring (bicyclic) bond motifs is 1. The van der Waals surface area contributed by atoms with Crippen LogP contribution >= 0.6 is 0 Å². The molecular formula is C20H23F2N5O2. The minimum Gasteiger partial charge on any atom is -0.370 e. The van der Waals surface area contributed by atoms with Crippen molar-refractivity contribution in [3.05, 3.63) is 46.7 Å². The van der Waals surface area contributed by atoms with Gasteiger partial charge in [-0.05, 0) is 37.5 Å². The number of halogens is 2. The molecule has 2 fully saturated rings. The van der Waals surface area contributed by atoms with E-state index in [0.29, 0.717) is 31.9 Å². The Balaban J connectivity index is 1.24. The smallest absolute Gasteiger partial charge is 0.228 e. The summed E-state index contributed by atoms with van der Waals surface area (Å²) < 4.78 is 33.5. The van der Waals surface area contributed by atoms with Crippen molar-refractivity contribution in [2.75, 3.05) is 11.9 Å². The van der Waals surface area contributed by atoms with Crippen LogP contribution in [0.5, 0.6) is 0 Å². The number of benzene rings is 1. The third-order valence-corrected chi connectivity index (χ3v) is 6.05. The summed E-state index contributed by atoms with van der Waals surface area (Å²) in [5.41, 5.74) is 8.42. The lowest BCUT2D eigenvalue weighted by molar-refractivity contribution is -0.117. The van der Waals surface area contributed by atoms with Crippen molar-refractivity contribution in [2.45, 2.75) is 50.5 Å². The van der Waals surface area contributed by atoms with Gasteiger partial charge >= 0.3 is 0 Å². The van der Waals surface area contributed by atoms with Crippen molar-refractivity contribution in [3.8, 4) is 0 Å². The second-order valence-electron chi connectivity index (χ2n) is 8.17. The van der Waals surface area contributed by atoms with Crippen LogP contribution < -0.4 is 11.1 Å². The molecule has 3 heterocycles. The maximum absolute atomic E-state index is 14.1. The lowest BCUT2D eigenvalue weighted by Crippen LogP contribution is -2.47. The standard InChI is InChI=1S/C20H23F2N5O2/c21-11-3-4-15(22)13(5-11)18-16(23)6-12(9-29-18)27-7-14-17(8-27)25-26-19(14)24-20(28)10-1-2-10/h3-5,10,12,16,18H,1-2,6-9,23H2,(H2,24,25,26,28)/t12-,16+,18-/m1/s1. The normalized spacial score (nSPS) is 27.1. The van der Waals surface area contributed by atoms with Gasteiger partial charge in [-0.15, -0.1) is 0 Å². The van der Waals surface area contributed by atoms with E-state index in [1.807, 2.05) is 0 Å². The molecule has 1 aromatic heterocycles. The Hall–Kier alpha value is -2.36. The van der Waals surface area contributed by atoms with Crippen molar-refractivity contribution < 1.29 is 18.3 Å². The molecule has 1 saturated carbocycles. The molecule has 29 heavy (non-hydrogen) atoms. The first-order chi connectivity index (χ1) is 14.0. The number of nitrogens with two attached hydrogens (primary N) is 1. The zero-order valence-electron chi connectivity index (χ0n) is 15.8. The van der Waals surface area contributed by atoms with Gasteiger partial charge in [-0.2, -0.15) is 5.10 Å². The number of aromatic amines is 1. The van der Waals surface area contributed by atoms with Crippen LogP contribution in [0.2, 0.25) is 0 Å². The van der Waals surface area contributed by atoms with Gasteiger partial charge in [-0.25, -0.2) is 8.78 Å². The molecule has 3 atom stereocenters. The van der Waals surface area contributed by atoms with E-state index in [9.17, 15) is 13.6 Å². The summed E-state index contributed by atoms with van der Waals surface area (Å²) in [6.45, 7) is 1.66. The van der Waals surface area contributed by atoms with E-state index >= 15 is 0 Å². The van der Waals surface area contributed by atoms with E-state index < -0.39 is 23.8 Å². The molecule has 1 aromatic carbocycles. The maximum atomic E-state index is 14.1. The molecule has 154 valence electrons. The van der Waals surface area contributed by atoms with Gasteiger partial charge in [0.05, 0.1) is 12.3 Å². The second kappa shape index (κ2) is 7.16. The molecule has 0 unspecified atom stereocenters. The van der Waals surface area contributed by atoms with Crippen LogP contribution in [0, 0.1) is 17.6 Å². The lowest BCUT2D eigenvalue weighted by atomic mass is 9.93. The van der Waals surface area contributed by atoms with Crippen molar-refractivity contribution in [2.24, 2.45) is 11.7 Å². The number of hydrogen-bond acceptors (Lipinski definition) is 5. The van der Waals surface area contributed by atoms with Gasteiger partial charge < -0.3 is 15.8 Å². The second-order valence-corrected chi connectivity index (χ2v) is 8.17. The minimum atomic E-state index is -0.669. The molecule has 9 heteroatoms. The van der Waals surface area contributed by atoms with E-state index in [4.69, 9.17) is 10.5 Å². The summed E-state index contributed by atoms with van der Waals surface area (Å²) in [5.74, 6) is -0.278. The number of nitrogens with zero attached hydrogens (tertiary/aromatic N) is 2. The quantitative estimate of drug-likeness (QED) is 0.727. The van der Waals surface area contributed by atoms with Crippen LogP contribution in [-0.2, 0) is 22.6 Å². The van der Waals surface area contributed by atoms with Crippen LogP contribution in [0.3, 0.4) is 0 Å². The van der Waals surface area contributed by atoms with Crippen LogP contribution in [0.1, 0.15) is 42.2 Å². The number of nitrogens with one attached hydrogen (secondary N) is 2. The molecule has 0 bridgehead atoms. The monoisotopic (exact) mass is 403 g/mol. The van der Waals surface area contributed by atoms with Crippen molar-refractivity contribution in [1.29, 1.82) is 0 Å². The van der Waals surface area contributed by atoms with Crippen LogP contribution in [0.4, 0.5) is 14.6 Å². The highest BCUT2D eigenvalue weighted by Gasteiger charge is 2.38. The number of anilines is 1. The fourth-order valence-corrected chi connectivity index (χ4v) is 4.24. The first-order valence-electron chi connectivity index (χ1n) is 9.92. The van der Waals surface area contributed by atoms with Crippen molar-refractivity contribution in [1.82, 2.24) is 15.1 Å². The number of H-pyrrole nitrogens is 1. The molecule has 2 aromatic rings. The fourth-order valence-electron chi connectivity index (χ4n) is 4.24. The van der Waals surface area contributed by atoms with Gasteiger partial charge in [0, 0.05) is 42.2 Å². The predicted molar refractivity (Wildman–Crippen MR) is 101 cm³/mol. The molecule has 0 radical (unpaired) electrons. The summed E-state index contributed by atoms with van der Waals surface area (Å²) in [5, 5.41) is 10.2. The van der Waals surface area contributed by atoms with Crippen molar-refractivity contribution in [3.63, 3.8) is 0 Å². The highest BCUT2D eigenvalue weighted by molar-refractivity contribution is 5.93.